The van der Waals surface area contributed by atoms with E-state index in [0.29, 0.717) is 86.0 Å². The van der Waals surface area contributed by atoms with Crippen LogP contribution in [0.15, 0.2) is 58.3 Å². The van der Waals surface area contributed by atoms with Crippen LogP contribution in [0.3, 0.4) is 0 Å². The number of hydrogen-bond donors (Lipinski definition) is 0. The fourth-order valence-electron chi connectivity index (χ4n) is 16.0. The number of methoxy groups -OCH3 is 1. The molecule has 94 heavy (non-hydrogen) atoms. The number of hydrogen-bond acceptors (Lipinski definition) is 15. The van der Waals surface area contributed by atoms with E-state index in [1.54, 1.807) is 14.2 Å². The molecule has 8 saturated carbocycles. The van der Waals surface area contributed by atoms with Gasteiger partial charge in [0, 0.05) is 80.5 Å². The second kappa shape index (κ2) is 31.1. The van der Waals surface area contributed by atoms with Gasteiger partial charge in [0.2, 0.25) is 0 Å². The lowest BCUT2D eigenvalue weighted by molar-refractivity contribution is -0.516. The lowest BCUT2D eigenvalue weighted by atomic mass is 9.51. The van der Waals surface area contributed by atoms with Crippen LogP contribution < -0.4 is 0 Å². The van der Waals surface area contributed by atoms with Crippen LogP contribution in [0.2, 0.25) is 0 Å². The van der Waals surface area contributed by atoms with Gasteiger partial charge < -0.3 is 52.1 Å². The van der Waals surface area contributed by atoms with Gasteiger partial charge >= 0.3 is 35.7 Å². The minimum Gasteiger partial charge on any atom is -0.461 e. The van der Waals surface area contributed by atoms with Crippen molar-refractivity contribution in [3.8, 4) is 0 Å². The molecule has 0 aromatic heterocycles. The third-order valence-corrected chi connectivity index (χ3v) is 24.8. The Morgan fingerprint density at radius 1 is 0.543 bits per heavy atom. The number of fused-ring (bicyclic) bond motifs is 2. The topological polar surface area (TPSA) is 173 Å². The number of esters is 4. The zero-order valence-electron chi connectivity index (χ0n) is 56.4. The predicted molar refractivity (Wildman–Crippen MR) is 355 cm³/mol. The molecular formula is C72H110F4NO15S2+3. The second-order valence-electron chi connectivity index (χ2n) is 29.2. The lowest BCUT2D eigenvalue weighted by Gasteiger charge is -2.62. The van der Waals surface area contributed by atoms with E-state index in [0.717, 1.165) is 65.2 Å². The molecule has 6 heterocycles. The fourth-order valence-corrected chi connectivity index (χ4v) is 19.7. The molecule has 8 bridgehead atoms. The minimum absolute atomic E-state index is 0. The standard InChI is InChI=1S/2C17H20F2O6.2C14H21OS.C6H14N.C2H6O.2CH4/c2*1-15(18,19)14(21)25-16-4-8-2-9(5-16)17(10(3-8)6-16)23-11-7-22-13(20)12(11)24-17;2*1-14(2,3)12-4-6-13(7-5-12)16-10-8-15-9-11-16;1-4-7(5-2)6-3;1-3-2;;/h2*8-12H,2-7H2,1H3;2*4-7H,8-11H2,1-3H3;4H,5-6H2,1-3H3;1-2H3;2*1H4/q;;3*+1;;;. The Bertz CT molecular complexity index is 2660. The molecule has 0 N–H and O–H groups in total. The highest BCUT2D eigenvalue weighted by molar-refractivity contribution is 7.97. The van der Waals surface area contributed by atoms with Crippen molar-refractivity contribution >= 4 is 51.9 Å². The van der Waals surface area contributed by atoms with Crippen molar-refractivity contribution in [3.05, 3.63) is 59.7 Å². The summed E-state index contributed by atoms with van der Waals surface area (Å²) in [5.74, 6) is -7.26. The van der Waals surface area contributed by atoms with Gasteiger partial charge in [-0.15, -0.1) is 0 Å². The maximum absolute atomic E-state index is 13.3. The largest absolute Gasteiger partial charge is 0.461 e. The molecule has 6 aliphatic heterocycles. The van der Waals surface area contributed by atoms with Crippen LogP contribution in [0.4, 0.5) is 17.6 Å². The summed E-state index contributed by atoms with van der Waals surface area (Å²) >= 11 is 0. The Morgan fingerprint density at radius 2 is 0.851 bits per heavy atom. The Balaban J connectivity index is 0.000000171. The van der Waals surface area contributed by atoms with E-state index >= 15 is 0 Å². The summed E-state index contributed by atoms with van der Waals surface area (Å²) in [6, 6.07) is 18.4. The van der Waals surface area contributed by atoms with Crippen molar-refractivity contribution in [2.45, 2.75) is 235 Å². The number of ether oxygens (including phenoxy) is 11. The summed E-state index contributed by atoms with van der Waals surface area (Å²) in [5.41, 5.74) is 1.65. The van der Waals surface area contributed by atoms with Crippen molar-refractivity contribution < 1.29 is 93.4 Å². The summed E-state index contributed by atoms with van der Waals surface area (Å²) in [6.07, 6.45) is 6.27. The monoisotopic (exact) mass is 1370 g/mol. The predicted octanol–water partition coefficient (Wildman–Crippen LogP) is 12.2. The number of benzene rings is 2. The maximum Gasteiger partial charge on any atom is 0.377 e. The van der Waals surface area contributed by atoms with Crippen LogP contribution in [0.25, 0.3) is 0 Å². The highest BCUT2D eigenvalue weighted by atomic mass is 32.2. The van der Waals surface area contributed by atoms with E-state index in [1.807, 2.05) is 0 Å². The van der Waals surface area contributed by atoms with Gasteiger partial charge in [-0.25, -0.2) is 23.8 Å². The van der Waals surface area contributed by atoms with Crippen LogP contribution >= 0.6 is 0 Å². The van der Waals surface area contributed by atoms with Gasteiger partial charge in [-0.1, -0.05) is 80.7 Å². The average Bonchev–Trinajstić information content (AvgIpc) is 1.36. The molecule has 8 unspecified atom stereocenters. The van der Waals surface area contributed by atoms with Gasteiger partial charge in [-0.2, -0.15) is 17.6 Å². The summed E-state index contributed by atoms with van der Waals surface area (Å²) in [4.78, 5) is 50.2. The first-order valence-electron chi connectivity index (χ1n) is 33.2. The van der Waals surface area contributed by atoms with Crippen molar-refractivity contribution in [2.24, 2.45) is 35.5 Å². The molecule has 2 aromatic carbocycles. The first-order valence-corrected chi connectivity index (χ1v) is 36.4. The summed E-state index contributed by atoms with van der Waals surface area (Å²) in [5, 5.41) is 0. The van der Waals surface area contributed by atoms with Crippen LogP contribution in [0.5, 0.6) is 0 Å². The highest BCUT2D eigenvalue weighted by Crippen LogP contribution is 2.66. The van der Waals surface area contributed by atoms with Gasteiger partial charge in [-0.05, 0) is 136 Å². The zero-order valence-corrected chi connectivity index (χ0v) is 58.1. The lowest BCUT2D eigenvalue weighted by Crippen LogP contribution is -2.65. The quantitative estimate of drug-likeness (QED) is 0.0610. The molecule has 16 nitrogen and oxygen atoms in total. The first kappa shape index (κ1) is 77.5. The van der Waals surface area contributed by atoms with Gasteiger partial charge in [0.15, 0.2) is 33.6 Å². The molecule has 16 rings (SSSR count). The van der Waals surface area contributed by atoms with E-state index in [9.17, 15) is 36.7 Å². The third-order valence-electron chi connectivity index (χ3n) is 20.3. The number of carbonyl (C=O) groups excluding carboxylic acids is 4. The molecule has 2 spiro atoms. The van der Waals surface area contributed by atoms with Crippen LogP contribution in [-0.2, 0) is 104 Å². The van der Waals surface area contributed by atoms with E-state index < -0.39 is 82.9 Å². The van der Waals surface area contributed by atoms with E-state index in [2.05, 4.69) is 126 Å². The molecule has 2 aromatic rings. The Morgan fingerprint density at radius 3 is 1.10 bits per heavy atom. The van der Waals surface area contributed by atoms with Gasteiger partial charge in [0.25, 0.3) is 0 Å². The van der Waals surface area contributed by atoms with Crippen LogP contribution in [0.1, 0.15) is 166 Å². The average molecular weight is 1370 g/mol. The van der Waals surface area contributed by atoms with Gasteiger partial charge in [-0.3, -0.25) is 0 Å². The van der Waals surface area contributed by atoms with Crippen molar-refractivity contribution in [2.75, 3.05) is 90.0 Å². The summed E-state index contributed by atoms with van der Waals surface area (Å²) in [6.45, 7) is 27.5. The number of cyclic esters (lactones) is 2. The molecule has 22 heteroatoms. The molecule has 8 atom stereocenters. The minimum atomic E-state index is -3.50. The number of alkyl halides is 4. The Kier molecular flexibility index (Phi) is 25.7. The van der Waals surface area contributed by atoms with Gasteiger partial charge in [0.05, 0.1) is 26.4 Å². The molecule has 6 saturated heterocycles. The second-order valence-corrected chi connectivity index (χ2v) is 33.7. The fraction of sp³-hybridized carbons (Fsp3) is 0.764. The van der Waals surface area contributed by atoms with Crippen molar-refractivity contribution in [1.82, 2.24) is 0 Å². The van der Waals surface area contributed by atoms with Crippen molar-refractivity contribution in [1.29, 1.82) is 0 Å². The number of nitrogens with zero attached hydrogens (tertiary/aromatic N) is 1. The normalized spacial score (nSPS) is 33.9. The molecule has 530 valence electrons. The highest BCUT2D eigenvalue weighted by Gasteiger charge is 2.72. The SMILES string of the molecule is C.C.CC(C)(C)c1ccc([S+]2CCOCC2)cc1.CC(C)(C)c1ccc([S+]2CCOCC2)cc1.CC(F)(F)C(=O)OC12CC3CC(C1)C1(OC4COC(=O)C4O1)C(C3)C2.CC(F)(F)C(=O)OC12CC3CC(C1)C1(OC4COC(=O)C4O1)C(C3)C2.CC=[N+](CC)CC.COC. The van der Waals surface area contributed by atoms with Crippen molar-refractivity contribution in [3.63, 3.8) is 0 Å². The zero-order chi connectivity index (χ0) is 66.8. The van der Waals surface area contributed by atoms with Crippen LogP contribution in [-0.4, -0.2) is 184 Å². The smallest absolute Gasteiger partial charge is 0.377 e. The van der Waals surface area contributed by atoms with E-state index in [-0.39, 0.29) is 62.6 Å². The maximum atomic E-state index is 13.3. The molecule has 14 fully saturated rings. The number of rotatable bonds is 8. The molecule has 0 amide bonds. The molecule has 0 radical (unpaired) electrons. The number of halogens is 4. The summed E-state index contributed by atoms with van der Waals surface area (Å²) < 4.78 is 116. The van der Waals surface area contributed by atoms with Crippen LogP contribution in [0, 0.1) is 35.5 Å². The Hall–Kier alpha value is -3.87. The van der Waals surface area contributed by atoms with E-state index in [4.69, 9.17) is 47.4 Å². The molecular weight excluding hydrogens is 1260 g/mol. The van der Waals surface area contributed by atoms with Gasteiger partial charge in [0.1, 0.15) is 78.9 Å². The number of carbonyl (C=O) groups is 4. The first-order chi connectivity index (χ1) is 43.3. The molecule has 14 aliphatic rings. The summed E-state index contributed by atoms with van der Waals surface area (Å²) in [7, 11) is 4.11. The molecule has 8 aliphatic carbocycles. The third kappa shape index (κ3) is 17.4. The Labute approximate surface area is 562 Å². The van der Waals surface area contributed by atoms with E-state index in [1.165, 1.54) is 43.9 Å².